The number of hydrogen-bond acceptors (Lipinski definition) is 2. The van der Waals surface area contributed by atoms with Crippen molar-refractivity contribution < 1.29 is 13.9 Å². The van der Waals surface area contributed by atoms with E-state index in [4.69, 9.17) is 4.74 Å². The van der Waals surface area contributed by atoms with Crippen molar-refractivity contribution in [2.45, 2.75) is 71.1 Å². The van der Waals surface area contributed by atoms with E-state index in [9.17, 15) is 9.18 Å². The van der Waals surface area contributed by atoms with Gasteiger partial charge in [0.15, 0.2) is 0 Å². The Bertz CT molecular complexity index is 789. The van der Waals surface area contributed by atoms with Crippen molar-refractivity contribution >= 4 is 5.97 Å². The fourth-order valence-electron chi connectivity index (χ4n) is 4.49. The molecule has 2 aromatic rings. The third-order valence-electron chi connectivity index (χ3n) is 6.23. The first-order valence-corrected chi connectivity index (χ1v) is 11.2. The van der Waals surface area contributed by atoms with E-state index in [0.29, 0.717) is 23.7 Å². The van der Waals surface area contributed by atoms with Crippen LogP contribution in [-0.2, 0) is 4.74 Å². The molecule has 1 saturated carbocycles. The molecule has 3 heteroatoms. The number of benzene rings is 2. The van der Waals surface area contributed by atoms with Gasteiger partial charge in [0.1, 0.15) is 5.82 Å². The average molecular weight is 397 g/mol. The van der Waals surface area contributed by atoms with Crippen molar-refractivity contribution in [1.82, 2.24) is 0 Å². The van der Waals surface area contributed by atoms with Crippen LogP contribution >= 0.6 is 0 Å². The van der Waals surface area contributed by atoms with Crippen LogP contribution in [0.1, 0.15) is 87.1 Å². The molecule has 0 spiro atoms. The summed E-state index contributed by atoms with van der Waals surface area (Å²) in [5, 5.41) is 0. The van der Waals surface area contributed by atoms with E-state index in [-0.39, 0.29) is 11.8 Å². The van der Waals surface area contributed by atoms with Gasteiger partial charge in [0, 0.05) is 5.56 Å². The molecule has 0 amide bonds. The Hall–Kier alpha value is -2.16. The standard InChI is InChI=1S/C26H33FO2/c1-3-5-6-7-19-8-10-20(11-9-19)23-16-17-24(25(27)18-23)21-12-14-22(15-13-21)26(28)29-4-2/h12-20H,3-11H2,1-2H3/t19-,20-. The fourth-order valence-corrected chi connectivity index (χ4v) is 4.49. The maximum Gasteiger partial charge on any atom is 0.338 e. The van der Waals surface area contributed by atoms with Gasteiger partial charge in [-0.25, -0.2) is 9.18 Å². The molecule has 1 aliphatic carbocycles. The lowest BCUT2D eigenvalue weighted by Crippen LogP contribution is -2.13. The van der Waals surface area contributed by atoms with E-state index in [2.05, 4.69) is 13.0 Å². The van der Waals surface area contributed by atoms with Crippen LogP contribution in [0.2, 0.25) is 0 Å². The Morgan fingerprint density at radius 1 is 1.00 bits per heavy atom. The summed E-state index contributed by atoms with van der Waals surface area (Å²) in [7, 11) is 0. The summed E-state index contributed by atoms with van der Waals surface area (Å²) in [4.78, 5) is 11.8. The maximum absolute atomic E-state index is 14.9. The van der Waals surface area contributed by atoms with Gasteiger partial charge in [0.2, 0.25) is 0 Å². The maximum atomic E-state index is 14.9. The lowest BCUT2D eigenvalue weighted by atomic mass is 9.77. The second-order valence-electron chi connectivity index (χ2n) is 8.25. The summed E-state index contributed by atoms with van der Waals surface area (Å²) in [6.45, 7) is 4.38. The lowest BCUT2D eigenvalue weighted by Gasteiger charge is -2.29. The largest absolute Gasteiger partial charge is 0.462 e. The van der Waals surface area contributed by atoms with Gasteiger partial charge in [-0.2, -0.15) is 0 Å². The number of ether oxygens (including phenoxy) is 1. The average Bonchev–Trinajstić information content (AvgIpc) is 2.75. The topological polar surface area (TPSA) is 26.3 Å². The number of carbonyl (C=O) groups is 1. The Kier molecular flexibility index (Phi) is 7.85. The second-order valence-corrected chi connectivity index (χ2v) is 8.25. The van der Waals surface area contributed by atoms with E-state index in [1.54, 1.807) is 37.3 Å². The molecule has 0 bridgehead atoms. The number of hydrogen-bond donors (Lipinski definition) is 0. The van der Waals surface area contributed by atoms with E-state index in [1.807, 2.05) is 6.07 Å². The molecule has 3 rings (SSSR count). The van der Waals surface area contributed by atoms with Crippen molar-refractivity contribution in [3.05, 3.63) is 59.4 Å². The summed E-state index contributed by atoms with van der Waals surface area (Å²) >= 11 is 0. The molecule has 2 aromatic carbocycles. The first-order valence-electron chi connectivity index (χ1n) is 11.2. The minimum Gasteiger partial charge on any atom is -0.462 e. The molecule has 0 N–H and O–H groups in total. The fraction of sp³-hybridized carbons (Fsp3) is 0.500. The van der Waals surface area contributed by atoms with Gasteiger partial charge in [-0.05, 0) is 73.8 Å². The van der Waals surface area contributed by atoms with Crippen LogP contribution in [0.4, 0.5) is 4.39 Å². The van der Waals surface area contributed by atoms with Crippen molar-refractivity contribution in [1.29, 1.82) is 0 Å². The quantitative estimate of drug-likeness (QED) is 0.340. The molecule has 0 heterocycles. The van der Waals surface area contributed by atoms with Gasteiger partial charge in [-0.3, -0.25) is 0 Å². The molecule has 2 nitrogen and oxygen atoms in total. The molecule has 0 aromatic heterocycles. The molecule has 1 aliphatic rings. The Labute approximate surface area is 174 Å². The highest BCUT2D eigenvalue weighted by atomic mass is 19.1. The highest BCUT2D eigenvalue weighted by Gasteiger charge is 2.23. The van der Waals surface area contributed by atoms with Crippen LogP contribution in [0.15, 0.2) is 42.5 Å². The predicted octanol–water partition coefficient (Wildman–Crippen LogP) is 7.52. The van der Waals surface area contributed by atoms with E-state index in [0.717, 1.165) is 17.0 Å². The van der Waals surface area contributed by atoms with Crippen molar-refractivity contribution in [3.8, 4) is 11.1 Å². The van der Waals surface area contributed by atoms with Crippen LogP contribution in [0.5, 0.6) is 0 Å². The van der Waals surface area contributed by atoms with E-state index >= 15 is 0 Å². The number of esters is 1. The predicted molar refractivity (Wildman–Crippen MR) is 117 cm³/mol. The molecule has 29 heavy (non-hydrogen) atoms. The summed E-state index contributed by atoms with van der Waals surface area (Å²) in [6, 6.07) is 12.6. The molecular formula is C26H33FO2. The van der Waals surface area contributed by atoms with Gasteiger partial charge >= 0.3 is 5.97 Å². The monoisotopic (exact) mass is 396 g/mol. The Morgan fingerprint density at radius 2 is 1.72 bits per heavy atom. The summed E-state index contributed by atoms with van der Waals surface area (Å²) in [6.07, 6.45) is 10.2. The molecular weight excluding hydrogens is 363 g/mol. The van der Waals surface area contributed by atoms with Crippen molar-refractivity contribution in [2.24, 2.45) is 5.92 Å². The van der Waals surface area contributed by atoms with Gasteiger partial charge < -0.3 is 4.74 Å². The first kappa shape index (κ1) is 21.5. The Balaban J connectivity index is 1.63. The SMILES string of the molecule is CCCCC[C@H]1CC[C@H](c2ccc(-c3ccc(C(=O)OCC)cc3)c(F)c2)CC1. The summed E-state index contributed by atoms with van der Waals surface area (Å²) in [5.41, 5.74) is 2.98. The minimum absolute atomic E-state index is 0.184. The van der Waals surface area contributed by atoms with Gasteiger partial charge in [0.25, 0.3) is 0 Å². The highest BCUT2D eigenvalue weighted by Crippen LogP contribution is 2.38. The summed E-state index contributed by atoms with van der Waals surface area (Å²) < 4.78 is 19.9. The van der Waals surface area contributed by atoms with E-state index < -0.39 is 0 Å². The van der Waals surface area contributed by atoms with Gasteiger partial charge in [0.05, 0.1) is 12.2 Å². The lowest BCUT2D eigenvalue weighted by molar-refractivity contribution is 0.0526. The van der Waals surface area contributed by atoms with Gasteiger partial charge in [-0.1, -0.05) is 56.9 Å². The smallest absolute Gasteiger partial charge is 0.338 e. The number of halogens is 1. The highest BCUT2D eigenvalue weighted by molar-refractivity contribution is 5.90. The molecule has 1 fully saturated rings. The number of carbonyl (C=O) groups excluding carboxylic acids is 1. The van der Waals surface area contributed by atoms with Crippen LogP contribution in [-0.4, -0.2) is 12.6 Å². The second kappa shape index (κ2) is 10.6. The van der Waals surface area contributed by atoms with Gasteiger partial charge in [-0.15, -0.1) is 0 Å². The molecule has 0 unspecified atom stereocenters. The third kappa shape index (κ3) is 5.68. The van der Waals surface area contributed by atoms with E-state index in [1.165, 1.54) is 51.4 Å². The van der Waals surface area contributed by atoms with Crippen LogP contribution in [0.25, 0.3) is 11.1 Å². The molecule has 0 saturated heterocycles. The zero-order valence-electron chi connectivity index (χ0n) is 17.8. The number of rotatable bonds is 8. The molecule has 0 radical (unpaired) electrons. The molecule has 156 valence electrons. The zero-order chi connectivity index (χ0) is 20.6. The normalized spacial score (nSPS) is 19.1. The third-order valence-corrected chi connectivity index (χ3v) is 6.23. The Morgan fingerprint density at radius 3 is 2.34 bits per heavy atom. The number of unbranched alkanes of at least 4 members (excludes halogenated alkanes) is 2. The van der Waals surface area contributed by atoms with Crippen molar-refractivity contribution in [2.75, 3.05) is 6.61 Å². The first-order chi connectivity index (χ1) is 14.1. The zero-order valence-corrected chi connectivity index (χ0v) is 17.8. The molecule has 0 aliphatic heterocycles. The molecule has 0 atom stereocenters. The van der Waals surface area contributed by atoms with Crippen LogP contribution in [0, 0.1) is 11.7 Å². The van der Waals surface area contributed by atoms with Crippen LogP contribution in [0.3, 0.4) is 0 Å². The minimum atomic E-state index is -0.347. The van der Waals surface area contributed by atoms with Crippen LogP contribution < -0.4 is 0 Å². The summed E-state index contributed by atoms with van der Waals surface area (Å²) in [5.74, 6) is 0.809. The van der Waals surface area contributed by atoms with Crippen molar-refractivity contribution in [3.63, 3.8) is 0 Å².